The Hall–Kier alpha value is -2.37. The average molecular weight is 262 g/mol. The number of carbonyl (C=O) groups is 1. The highest BCUT2D eigenvalue weighted by molar-refractivity contribution is 5.99. The highest BCUT2D eigenvalue weighted by atomic mass is 19.1. The summed E-state index contributed by atoms with van der Waals surface area (Å²) in [5, 5.41) is 2.77. The third-order valence-electron chi connectivity index (χ3n) is 2.82. The summed E-state index contributed by atoms with van der Waals surface area (Å²) in [5.74, 6) is -0.253. The Bertz CT molecular complexity index is 568. The van der Waals surface area contributed by atoms with Crippen molar-refractivity contribution in [2.24, 2.45) is 0 Å². The molecule has 100 valence electrons. The van der Waals surface area contributed by atoms with E-state index < -0.39 is 11.7 Å². The van der Waals surface area contributed by atoms with Gasteiger partial charge in [0, 0.05) is 18.1 Å². The van der Waals surface area contributed by atoms with Gasteiger partial charge >= 0.3 is 0 Å². The highest BCUT2D eigenvalue weighted by Gasteiger charge is 2.17. The van der Waals surface area contributed by atoms with Crippen molar-refractivity contribution in [3.05, 3.63) is 47.8 Å². The number of imidazole rings is 1. The fourth-order valence-electron chi connectivity index (χ4n) is 1.79. The van der Waals surface area contributed by atoms with Gasteiger partial charge in [-0.15, -0.1) is 0 Å². The van der Waals surface area contributed by atoms with Crippen molar-refractivity contribution < 1.29 is 9.18 Å². The maximum Gasteiger partial charge on any atom is 0.254 e. The summed E-state index contributed by atoms with van der Waals surface area (Å²) in [6.07, 6.45) is 3.95. The largest absolute Gasteiger partial charge is 0.398 e. The van der Waals surface area contributed by atoms with Crippen LogP contribution in [-0.2, 0) is 0 Å². The summed E-state index contributed by atoms with van der Waals surface area (Å²) in [6, 6.07) is 3.46. The van der Waals surface area contributed by atoms with Crippen LogP contribution in [0.5, 0.6) is 0 Å². The minimum atomic E-state index is -0.495. The van der Waals surface area contributed by atoms with Gasteiger partial charge < -0.3 is 16.0 Å². The van der Waals surface area contributed by atoms with E-state index in [-0.39, 0.29) is 17.3 Å². The first-order valence-electron chi connectivity index (χ1n) is 5.97. The summed E-state index contributed by atoms with van der Waals surface area (Å²) in [7, 11) is 0. The summed E-state index contributed by atoms with van der Waals surface area (Å²) in [4.78, 5) is 19.1. The molecule has 0 saturated heterocycles. The van der Waals surface area contributed by atoms with Crippen molar-refractivity contribution in [2.45, 2.75) is 19.4 Å². The molecule has 0 spiro atoms. The second-order valence-corrected chi connectivity index (χ2v) is 4.14. The monoisotopic (exact) mass is 262 g/mol. The van der Waals surface area contributed by atoms with Gasteiger partial charge in [-0.3, -0.25) is 4.79 Å². The normalized spacial score (nSPS) is 12.1. The number of halogens is 1. The smallest absolute Gasteiger partial charge is 0.254 e. The molecular formula is C13H15FN4O. The Kier molecular flexibility index (Phi) is 3.79. The first-order chi connectivity index (χ1) is 9.11. The van der Waals surface area contributed by atoms with Gasteiger partial charge in [0.2, 0.25) is 0 Å². The summed E-state index contributed by atoms with van der Waals surface area (Å²) >= 11 is 0. The number of aromatic amines is 1. The third kappa shape index (κ3) is 2.90. The van der Waals surface area contributed by atoms with Crippen molar-refractivity contribution in [2.75, 3.05) is 5.73 Å². The van der Waals surface area contributed by atoms with Gasteiger partial charge in [-0.1, -0.05) is 6.92 Å². The summed E-state index contributed by atoms with van der Waals surface area (Å²) in [6.45, 7) is 1.92. The van der Waals surface area contributed by atoms with E-state index >= 15 is 0 Å². The van der Waals surface area contributed by atoms with Crippen molar-refractivity contribution >= 4 is 11.6 Å². The number of benzene rings is 1. The molecule has 1 heterocycles. The molecule has 0 bridgehead atoms. The SMILES string of the molecule is CCC(NC(=O)c1cc(F)ccc1N)c1ncc[nH]1. The van der Waals surface area contributed by atoms with Crippen molar-refractivity contribution in [3.8, 4) is 0 Å². The number of amides is 1. The Labute approximate surface area is 110 Å². The van der Waals surface area contributed by atoms with E-state index in [4.69, 9.17) is 5.73 Å². The number of nitrogens with one attached hydrogen (secondary N) is 2. The minimum Gasteiger partial charge on any atom is -0.398 e. The molecule has 5 nitrogen and oxygen atoms in total. The highest BCUT2D eigenvalue weighted by Crippen LogP contribution is 2.17. The zero-order valence-corrected chi connectivity index (χ0v) is 10.5. The van der Waals surface area contributed by atoms with E-state index in [0.717, 1.165) is 6.07 Å². The van der Waals surface area contributed by atoms with Gasteiger partial charge in [-0.05, 0) is 24.6 Å². The molecule has 0 radical (unpaired) electrons. The number of hydrogen-bond donors (Lipinski definition) is 3. The van der Waals surface area contributed by atoms with Crippen LogP contribution in [-0.4, -0.2) is 15.9 Å². The first-order valence-corrected chi connectivity index (χ1v) is 5.97. The molecule has 0 saturated carbocycles. The maximum absolute atomic E-state index is 13.1. The van der Waals surface area contributed by atoms with Crippen LogP contribution in [0.2, 0.25) is 0 Å². The second kappa shape index (κ2) is 5.51. The Morgan fingerprint density at radius 1 is 1.58 bits per heavy atom. The van der Waals surface area contributed by atoms with Crippen LogP contribution in [0.4, 0.5) is 10.1 Å². The van der Waals surface area contributed by atoms with E-state index in [1.165, 1.54) is 12.1 Å². The number of nitrogens with zero attached hydrogens (tertiary/aromatic N) is 1. The Balaban J connectivity index is 2.18. The maximum atomic E-state index is 13.1. The lowest BCUT2D eigenvalue weighted by Gasteiger charge is -2.15. The average Bonchev–Trinajstić information content (AvgIpc) is 2.92. The van der Waals surface area contributed by atoms with Crippen molar-refractivity contribution in [1.82, 2.24) is 15.3 Å². The quantitative estimate of drug-likeness (QED) is 0.737. The summed E-state index contributed by atoms with van der Waals surface area (Å²) < 4.78 is 13.1. The van der Waals surface area contributed by atoms with Gasteiger partial charge in [0.1, 0.15) is 11.6 Å². The molecule has 0 aliphatic carbocycles. The van der Waals surface area contributed by atoms with E-state index in [1.807, 2.05) is 6.92 Å². The number of H-pyrrole nitrogens is 1. The molecule has 0 aliphatic heterocycles. The lowest BCUT2D eigenvalue weighted by atomic mass is 10.1. The molecule has 1 aromatic carbocycles. The fourth-order valence-corrected chi connectivity index (χ4v) is 1.79. The molecule has 1 unspecified atom stereocenters. The van der Waals surface area contributed by atoms with Crippen LogP contribution in [0, 0.1) is 5.82 Å². The third-order valence-corrected chi connectivity index (χ3v) is 2.82. The number of carbonyl (C=O) groups excluding carboxylic acids is 1. The van der Waals surface area contributed by atoms with Crippen LogP contribution >= 0.6 is 0 Å². The van der Waals surface area contributed by atoms with Gasteiger partial charge in [-0.2, -0.15) is 0 Å². The summed E-state index contributed by atoms with van der Waals surface area (Å²) in [5.41, 5.74) is 6.05. The molecule has 6 heteroatoms. The molecule has 1 amide bonds. The van der Waals surface area contributed by atoms with Crippen LogP contribution in [0.3, 0.4) is 0 Å². The molecular weight excluding hydrogens is 247 g/mol. The minimum absolute atomic E-state index is 0.130. The second-order valence-electron chi connectivity index (χ2n) is 4.14. The van der Waals surface area contributed by atoms with Crippen LogP contribution in [0.15, 0.2) is 30.6 Å². The van der Waals surface area contributed by atoms with Crippen LogP contribution in [0.25, 0.3) is 0 Å². The molecule has 4 N–H and O–H groups in total. The topological polar surface area (TPSA) is 83.8 Å². The number of hydrogen-bond acceptors (Lipinski definition) is 3. The van der Waals surface area contributed by atoms with Gasteiger partial charge in [0.25, 0.3) is 5.91 Å². The number of aromatic nitrogens is 2. The molecule has 2 rings (SSSR count). The lowest BCUT2D eigenvalue weighted by molar-refractivity contribution is 0.0934. The van der Waals surface area contributed by atoms with Crippen molar-refractivity contribution in [3.63, 3.8) is 0 Å². The van der Waals surface area contributed by atoms with Gasteiger partial charge in [0.05, 0.1) is 11.6 Å². The van der Waals surface area contributed by atoms with Gasteiger partial charge in [0.15, 0.2) is 0 Å². The molecule has 0 fully saturated rings. The van der Waals surface area contributed by atoms with Crippen LogP contribution < -0.4 is 11.1 Å². The number of nitrogen functional groups attached to an aromatic ring is 1. The zero-order valence-electron chi connectivity index (χ0n) is 10.5. The Morgan fingerprint density at radius 2 is 2.37 bits per heavy atom. The van der Waals surface area contributed by atoms with Crippen molar-refractivity contribution in [1.29, 1.82) is 0 Å². The molecule has 1 atom stereocenters. The number of nitrogens with two attached hydrogens (primary N) is 1. The standard InChI is InChI=1S/C13H15FN4O/c1-2-11(12-16-5-6-17-12)18-13(19)9-7-8(14)3-4-10(9)15/h3-7,11H,2,15H2,1H3,(H,16,17)(H,18,19). The zero-order chi connectivity index (χ0) is 13.8. The van der Waals surface area contributed by atoms with E-state index in [9.17, 15) is 9.18 Å². The first kappa shape index (κ1) is 13.1. The molecule has 19 heavy (non-hydrogen) atoms. The molecule has 2 aromatic rings. The number of rotatable bonds is 4. The predicted octanol–water partition coefficient (Wildman–Crippen LogP) is 2.01. The molecule has 0 aliphatic rings. The number of anilines is 1. The Morgan fingerprint density at radius 3 is 3.00 bits per heavy atom. The fraction of sp³-hybridized carbons (Fsp3) is 0.231. The van der Waals surface area contributed by atoms with Crippen LogP contribution in [0.1, 0.15) is 35.6 Å². The lowest BCUT2D eigenvalue weighted by Crippen LogP contribution is -2.29. The molecule has 1 aromatic heterocycles. The van der Waals surface area contributed by atoms with E-state index in [0.29, 0.717) is 12.2 Å². The van der Waals surface area contributed by atoms with E-state index in [1.54, 1.807) is 12.4 Å². The van der Waals surface area contributed by atoms with Gasteiger partial charge in [-0.25, -0.2) is 9.37 Å². The van der Waals surface area contributed by atoms with E-state index in [2.05, 4.69) is 15.3 Å². The predicted molar refractivity (Wildman–Crippen MR) is 69.9 cm³/mol.